The highest BCUT2D eigenvalue weighted by Crippen LogP contribution is 2.53. The molecule has 1 atom stereocenters. The Morgan fingerprint density at radius 2 is 1.65 bits per heavy atom. The molecule has 1 rings (SSSR count). The van der Waals surface area contributed by atoms with Crippen molar-refractivity contribution in [3.05, 3.63) is 0 Å². The molecule has 0 spiro atoms. The Morgan fingerprint density at radius 1 is 1.06 bits per heavy atom. The molecule has 17 heavy (non-hydrogen) atoms. The molecular formula is C16H33N. The van der Waals surface area contributed by atoms with Crippen LogP contribution in [0.2, 0.25) is 0 Å². The third-order valence-corrected chi connectivity index (χ3v) is 5.50. The summed E-state index contributed by atoms with van der Waals surface area (Å²) in [5.74, 6) is 0. The summed E-state index contributed by atoms with van der Waals surface area (Å²) in [4.78, 5) is 2.71. The Labute approximate surface area is 109 Å². The van der Waals surface area contributed by atoms with Crippen LogP contribution in [0.25, 0.3) is 0 Å². The van der Waals surface area contributed by atoms with Gasteiger partial charge in [0, 0.05) is 19.1 Å². The van der Waals surface area contributed by atoms with E-state index >= 15 is 0 Å². The Morgan fingerprint density at radius 3 is 2.06 bits per heavy atom. The maximum absolute atomic E-state index is 2.71. The molecule has 1 unspecified atom stereocenters. The average Bonchev–Trinajstić information content (AvgIpc) is 2.61. The fourth-order valence-corrected chi connectivity index (χ4v) is 3.85. The van der Waals surface area contributed by atoms with Gasteiger partial charge in [-0.1, -0.05) is 40.5 Å². The van der Waals surface area contributed by atoms with Gasteiger partial charge in [0.25, 0.3) is 0 Å². The lowest BCUT2D eigenvalue weighted by Gasteiger charge is -2.42. The molecular weight excluding hydrogens is 206 g/mol. The van der Waals surface area contributed by atoms with E-state index in [1.165, 1.54) is 45.2 Å². The molecule has 0 radical (unpaired) electrons. The molecule has 102 valence electrons. The van der Waals surface area contributed by atoms with E-state index in [-0.39, 0.29) is 0 Å². The van der Waals surface area contributed by atoms with E-state index in [0.29, 0.717) is 16.9 Å². The lowest BCUT2D eigenvalue weighted by Crippen LogP contribution is -2.37. The van der Waals surface area contributed by atoms with Crippen LogP contribution in [0.3, 0.4) is 0 Å². The maximum atomic E-state index is 2.71. The third kappa shape index (κ3) is 2.70. The lowest BCUT2D eigenvalue weighted by atomic mass is 9.61. The van der Waals surface area contributed by atoms with Gasteiger partial charge >= 0.3 is 0 Å². The van der Waals surface area contributed by atoms with Crippen LogP contribution in [0.15, 0.2) is 0 Å². The number of unbranched alkanes of at least 4 members (excludes halogenated alkanes) is 1. The van der Waals surface area contributed by atoms with E-state index in [2.05, 4.69) is 46.4 Å². The monoisotopic (exact) mass is 239 g/mol. The fourth-order valence-electron chi connectivity index (χ4n) is 3.85. The zero-order chi connectivity index (χ0) is 13.1. The minimum Gasteiger partial charge on any atom is -0.300 e. The van der Waals surface area contributed by atoms with Crippen LogP contribution < -0.4 is 0 Å². The quantitative estimate of drug-likeness (QED) is 0.648. The summed E-state index contributed by atoms with van der Waals surface area (Å²) in [5, 5.41) is 0. The molecule has 1 nitrogen and oxygen atoms in total. The molecule has 1 fully saturated rings. The van der Waals surface area contributed by atoms with Crippen molar-refractivity contribution in [2.45, 2.75) is 79.7 Å². The highest BCUT2D eigenvalue weighted by Gasteiger charge is 2.52. The number of hydrogen-bond acceptors (Lipinski definition) is 1. The average molecular weight is 239 g/mol. The standard InChI is InChI=1S/C16H33N/c1-7-10-11-15(6)12-17(14(4)5)13-16(15,8-2)9-3/h14H,7-13H2,1-6H3. The van der Waals surface area contributed by atoms with E-state index in [1.54, 1.807) is 0 Å². The van der Waals surface area contributed by atoms with Crippen molar-refractivity contribution in [1.29, 1.82) is 0 Å². The van der Waals surface area contributed by atoms with E-state index in [4.69, 9.17) is 0 Å². The van der Waals surface area contributed by atoms with Gasteiger partial charge in [-0.2, -0.15) is 0 Å². The molecule has 0 aromatic rings. The van der Waals surface area contributed by atoms with Gasteiger partial charge in [0.1, 0.15) is 0 Å². The molecule has 0 amide bonds. The van der Waals surface area contributed by atoms with Gasteiger partial charge in [0.05, 0.1) is 0 Å². The van der Waals surface area contributed by atoms with Gasteiger partial charge < -0.3 is 0 Å². The van der Waals surface area contributed by atoms with Crippen molar-refractivity contribution in [1.82, 2.24) is 4.90 Å². The molecule has 0 saturated carbocycles. The predicted octanol–water partition coefficient (Wildman–Crippen LogP) is 4.71. The van der Waals surface area contributed by atoms with E-state index in [9.17, 15) is 0 Å². The first-order chi connectivity index (χ1) is 7.94. The Hall–Kier alpha value is -0.0400. The Bertz CT molecular complexity index is 230. The van der Waals surface area contributed by atoms with Gasteiger partial charge in [0.2, 0.25) is 0 Å². The van der Waals surface area contributed by atoms with Crippen LogP contribution in [0.5, 0.6) is 0 Å². The van der Waals surface area contributed by atoms with Crippen molar-refractivity contribution in [2.75, 3.05) is 13.1 Å². The van der Waals surface area contributed by atoms with Gasteiger partial charge in [-0.15, -0.1) is 0 Å². The number of hydrogen-bond donors (Lipinski definition) is 0. The summed E-state index contributed by atoms with van der Waals surface area (Å²) >= 11 is 0. The van der Waals surface area contributed by atoms with Crippen LogP contribution in [0, 0.1) is 10.8 Å². The summed E-state index contributed by atoms with van der Waals surface area (Å²) in [6.07, 6.45) is 6.82. The molecule has 0 aromatic carbocycles. The number of likely N-dealkylation sites (tertiary alicyclic amines) is 1. The fraction of sp³-hybridized carbons (Fsp3) is 1.00. The van der Waals surface area contributed by atoms with E-state index in [0.717, 1.165) is 0 Å². The first-order valence-electron chi connectivity index (χ1n) is 7.68. The molecule has 1 heteroatoms. The molecule has 0 aliphatic carbocycles. The van der Waals surface area contributed by atoms with Gasteiger partial charge in [-0.25, -0.2) is 0 Å². The van der Waals surface area contributed by atoms with Gasteiger partial charge in [-0.3, -0.25) is 4.90 Å². The second kappa shape index (κ2) is 5.73. The molecule has 1 saturated heterocycles. The zero-order valence-electron chi connectivity index (χ0n) is 13.0. The highest BCUT2D eigenvalue weighted by molar-refractivity contribution is 5.03. The summed E-state index contributed by atoms with van der Waals surface area (Å²) in [7, 11) is 0. The summed E-state index contributed by atoms with van der Waals surface area (Å²) in [6, 6.07) is 0.705. The number of rotatable bonds is 6. The van der Waals surface area contributed by atoms with Crippen molar-refractivity contribution < 1.29 is 0 Å². The molecule has 1 aliphatic rings. The summed E-state index contributed by atoms with van der Waals surface area (Å²) in [6.45, 7) is 17.0. The van der Waals surface area contributed by atoms with Crippen molar-refractivity contribution >= 4 is 0 Å². The van der Waals surface area contributed by atoms with Crippen LogP contribution in [0.4, 0.5) is 0 Å². The second-order valence-corrected chi connectivity index (χ2v) is 6.65. The SMILES string of the molecule is CCCCC1(C)CN(C(C)C)CC1(CC)CC. The number of nitrogens with zero attached hydrogens (tertiary/aromatic N) is 1. The molecule has 0 N–H and O–H groups in total. The zero-order valence-corrected chi connectivity index (χ0v) is 13.0. The van der Waals surface area contributed by atoms with Crippen molar-refractivity contribution in [3.8, 4) is 0 Å². The smallest absolute Gasteiger partial charge is 0.00464 e. The van der Waals surface area contributed by atoms with E-state index < -0.39 is 0 Å². The first kappa shape index (κ1) is 15.0. The van der Waals surface area contributed by atoms with Gasteiger partial charge in [0.15, 0.2) is 0 Å². The molecule has 0 aromatic heterocycles. The molecule has 1 aliphatic heterocycles. The highest BCUT2D eigenvalue weighted by atomic mass is 15.2. The van der Waals surface area contributed by atoms with Crippen molar-refractivity contribution in [3.63, 3.8) is 0 Å². The predicted molar refractivity (Wildman–Crippen MR) is 77.4 cm³/mol. The summed E-state index contributed by atoms with van der Waals surface area (Å²) < 4.78 is 0. The van der Waals surface area contributed by atoms with Crippen LogP contribution in [0.1, 0.15) is 73.6 Å². The first-order valence-corrected chi connectivity index (χ1v) is 7.68. The Balaban J connectivity index is 2.90. The van der Waals surface area contributed by atoms with Crippen LogP contribution in [-0.4, -0.2) is 24.0 Å². The largest absolute Gasteiger partial charge is 0.300 e. The van der Waals surface area contributed by atoms with E-state index in [1.807, 2.05) is 0 Å². The van der Waals surface area contributed by atoms with Crippen LogP contribution >= 0.6 is 0 Å². The second-order valence-electron chi connectivity index (χ2n) is 6.65. The lowest BCUT2D eigenvalue weighted by molar-refractivity contribution is 0.0884. The minimum atomic E-state index is 0.538. The maximum Gasteiger partial charge on any atom is 0.00464 e. The topological polar surface area (TPSA) is 3.24 Å². The molecule has 1 heterocycles. The molecule has 0 bridgehead atoms. The van der Waals surface area contributed by atoms with Crippen LogP contribution in [-0.2, 0) is 0 Å². The van der Waals surface area contributed by atoms with Gasteiger partial charge in [-0.05, 0) is 43.9 Å². The third-order valence-electron chi connectivity index (χ3n) is 5.50. The van der Waals surface area contributed by atoms with Crippen molar-refractivity contribution in [2.24, 2.45) is 10.8 Å². The summed E-state index contributed by atoms with van der Waals surface area (Å²) in [5.41, 5.74) is 1.10. The Kier molecular flexibility index (Phi) is 5.07. The normalized spacial score (nSPS) is 29.1. The minimum absolute atomic E-state index is 0.538.